The standard InChI is InChI=1S/C24H21N3O3S/c1-30-23(28)19-11-17(16-7-8-16)13-25-22(19)26-18-9-10-20-21(12-18)31-24(29)27(20)14-15-5-3-2-4-6-15/h2-6,9-13,16H,7-8,14H2,1H3,(H,25,26). The lowest BCUT2D eigenvalue weighted by Crippen LogP contribution is -2.13. The molecule has 1 aliphatic rings. The molecule has 4 aromatic rings. The van der Waals surface area contributed by atoms with E-state index in [2.05, 4.69) is 10.3 Å². The van der Waals surface area contributed by atoms with Crippen molar-refractivity contribution in [2.75, 3.05) is 12.4 Å². The number of pyridine rings is 1. The average molecular weight is 432 g/mol. The van der Waals surface area contributed by atoms with Crippen molar-refractivity contribution in [1.82, 2.24) is 9.55 Å². The molecular weight excluding hydrogens is 410 g/mol. The maximum atomic E-state index is 12.6. The Morgan fingerprint density at radius 3 is 2.74 bits per heavy atom. The minimum Gasteiger partial charge on any atom is -0.465 e. The van der Waals surface area contributed by atoms with Gasteiger partial charge in [-0.05, 0) is 54.2 Å². The van der Waals surface area contributed by atoms with E-state index >= 15 is 0 Å². The van der Waals surface area contributed by atoms with Crippen LogP contribution in [0.4, 0.5) is 11.5 Å². The van der Waals surface area contributed by atoms with Crippen molar-refractivity contribution in [1.29, 1.82) is 0 Å². The van der Waals surface area contributed by atoms with Crippen LogP contribution in [0.3, 0.4) is 0 Å². The first kappa shape index (κ1) is 19.5. The molecular formula is C24H21N3O3S. The third-order valence-electron chi connectivity index (χ3n) is 5.48. The third-order valence-corrected chi connectivity index (χ3v) is 6.42. The Morgan fingerprint density at radius 2 is 2.00 bits per heavy atom. The molecule has 2 heterocycles. The van der Waals surface area contributed by atoms with Crippen LogP contribution in [0.5, 0.6) is 0 Å². The lowest BCUT2D eigenvalue weighted by Gasteiger charge is -2.12. The highest BCUT2D eigenvalue weighted by Crippen LogP contribution is 2.40. The molecule has 1 N–H and O–H groups in total. The van der Waals surface area contributed by atoms with Crippen molar-refractivity contribution in [3.63, 3.8) is 0 Å². The number of hydrogen-bond acceptors (Lipinski definition) is 6. The molecule has 2 aromatic carbocycles. The van der Waals surface area contributed by atoms with Gasteiger partial charge < -0.3 is 10.1 Å². The molecule has 6 nitrogen and oxygen atoms in total. The van der Waals surface area contributed by atoms with Gasteiger partial charge in [-0.1, -0.05) is 41.7 Å². The van der Waals surface area contributed by atoms with Crippen LogP contribution in [-0.2, 0) is 11.3 Å². The molecule has 1 fully saturated rings. The zero-order valence-electron chi connectivity index (χ0n) is 17.0. The fourth-order valence-electron chi connectivity index (χ4n) is 3.68. The van der Waals surface area contributed by atoms with E-state index in [1.54, 1.807) is 4.57 Å². The second-order valence-corrected chi connectivity index (χ2v) is 8.67. The highest BCUT2D eigenvalue weighted by molar-refractivity contribution is 7.16. The lowest BCUT2D eigenvalue weighted by atomic mass is 10.1. The SMILES string of the molecule is COC(=O)c1cc(C2CC2)cnc1Nc1ccc2c(c1)sc(=O)n2Cc1ccccc1. The van der Waals surface area contributed by atoms with Gasteiger partial charge in [-0.3, -0.25) is 9.36 Å². The highest BCUT2D eigenvalue weighted by Gasteiger charge is 2.26. The Morgan fingerprint density at radius 1 is 1.19 bits per heavy atom. The fraction of sp³-hybridized carbons (Fsp3) is 0.208. The normalized spacial score (nSPS) is 13.3. The number of fused-ring (bicyclic) bond motifs is 1. The van der Waals surface area contributed by atoms with Crippen molar-refractivity contribution >= 4 is 39.0 Å². The van der Waals surface area contributed by atoms with Crippen LogP contribution in [-0.4, -0.2) is 22.6 Å². The number of methoxy groups -OCH3 is 1. The van der Waals surface area contributed by atoms with Gasteiger partial charge in [0.25, 0.3) is 0 Å². The smallest absolute Gasteiger partial charge is 0.341 e. The molecule has 7 heteroatoms. The van der Waals surface area contributed by atoms with E-state index < -0.39 is 5.97 Å². The number of ether oxygens (including phenoxy) is 1. The molecule has 0 aliphatic heterocycles. The molecule has 31 heavy (non-hydrogen) atoms. The summed E-state index contributed by atoms with van der Waals surface area (Å²) in [5.41, 5.74) is 4.21. The van der Waals surface area contributed by atoms with Gasteiger partial charge in [0.05, 0.1) is 23.9 Å². The van der Waals surface area contributed by atoms with E-state index in [9.17, 15) is 9.59 Å². The minimum absolute atomic E-state index is 0.00170. The molecule has 5 rings (SSSR count). The summed E-state index contributed by atoms with van der Waals surface area (Å²) >= 11 is 1.21. The monoisotopic (exact) mass is 431 g/mol. The van der Waals surface area contributed by atoms with Crippen molar-refractivity contribution in [2.24, 2.45) is 0 Å². The molecule has 0 radical (unpaired) electrons. The van der Waals surface area contributed by atoms with Crippen LogP contribution in [0.2, 0.25) is 0 Å². The Balaban J connectivity index is 1.46. The average Bonchev–Trinajstić information content (AvgIpc) is 3.59. The van der Waals surface area contributed by atoms with Gasteiger partial charge in [-0.15, -0.1) is 0 Å². The van der Waals surface area contributed by atoms with E-state index in [-0.39, 0.29) is 4.87 Å². The van der Waals surface area contributed by atoms with Gasteiger partial charge in [0.1, 0.15) is 11.4 Å². The summed E-state index contributed by atoms with van der Waals surface area (Å²) in [5.74, 6) is 0.520. The van der Waals surface area contributed by atoms with Crippen molar-refractivity contribution in [2.45, 2.75) is 25.3 Å². The number of nitrogens with zero attached hydrogens (tertiary/aromatic N) is 2. The van der Waals surface area contributed by atoms with Gasteiger partial charge >= 0.3 is 10.8 Å². The van der Waals surface area contributed by atoms with E-state index in [1.165, 1.54) is 18.4 Å². The van der Waals surface area contributed by atoms with Crippen molar-refractivity contribution < 1.29 is 9.53 Å². The van der Waals surface area contributed by atoms with E-state index in [0.29, 0.717) is 23.8 Å². The maximum absolute atomic E-state index is 12.6. The Bertz CT molecular complexity index is 1320. The molecule has 1 aliphatic carbocycles. The van der Waals surface area contributed by atoms with Gasteiger partial charge in [-0.2, -0.15) is 0 Å². The summed E-state index contributed by atoms with van der Waals surface area (Å²) in [6, 6.07) is 17.5. The summed E-state index contributed by atoms with van der Waals surface area (Å²) in [5, 5.41) is 3.23. The van der Waals surface area contributed by atoms with Crippen molar-refractivity contribution in [3.8, 4) is 0 Å². The van der Waals surface area contributed by atoms with Gasteiger partial charge in [-0.25, -0.2) is 9.78 Å². The number of benzene rings is 2. The van der Waals surface area contributed by atoms with Crippen molar-refractivity contribution in [3.05, 3.63) is 87.2 Å². The highest BCUT2D eigenvalue weighted by atomic mass is 32.1. The lowest BCUT2D eigenvalue weighted by molar-refractivity contribution is 0.0601. The third kappa shape index (κ3) is 3.96. The zero-order chi connectivity index (χ0) is 21.4. The van der Waals surface area contributed by atoms with Gasteiger partial charge in [0, 0.05) is 11.9 Å². The topological polar surface area (TPSA) is 73.2 Å². The van der Waals surface area contributed by atoms with Gasteiger partial charge in [0.15, 0.2) is 0 Å². The summed E-state index contributed by atoms with van der Waals surface area (Å²) < 4.78 is 7.61. The summed E-state index contributed by atoms with van der Waals surface area (Å²) in [7, 11) is 1.37. The molecule has 0 saturated heterocycles. The van der Waals surface area contributed by atoms with Gasteiger partial charge in [0.2, 0.25) is 0 Å². The molecule has 0 atom stereocenters. The number of hydrogen-bond donors (Lipinski definition) is 1. The van der Waals surface area contributed by atoms with Crippen LogP contribution in [0.15, 0.2) is 65.6 Å². The number of anilines is 2. The number of aromatic nitrogens is 2. The predicted octanol–water partition coefficient (Wildman–Crippen LogP) is 4.91. The Labute approximate surface area is 183 Å². The minimum atomic E-state index is -0.419. The molecule has 156 valence electrons. The second-order valence-electron chi connectivity index (χ2n) is 7.68. The number of nitrogens with one attached hydrogen (secondary N) is 1. The molecule has 0 unspecified atom stereocenters. The first-order chi connectivity index (χ1) is 15.1. The van der Waals surface area contributed by atoms with Crippen LogP contribution in [0.25, 0.3) is 10.2 Å². The van der Waals surface area contributed by atoms with E-state index in [1.807, 2.05) is 60.8 Å². The maximum Gasteiger partial charge on any atom is 0.341 e. The number of carbonyl (C=O) groups excluding carboxylic acids is 1. The van der Waals surface area contributed by atoms with Crippen LogP contribution < -0.4 is 10.2 Å². The summed E-state index contributed by atoms with van der Waals surface area (Å²) in [4.78, 5) is 29.4. The number of carbonyl (C=O) groups is 1. The quantitative estimate of drug-likeness (QED) is 0.439. The fourth-order valence-corrected chi connectivity index (χ4v) is 4.61. The molecule has 0 spiro atoms. The van der Waals surface area contributed by atoms with Crippen LogP contribution in [0, 0.1) is 0 Å². The molecule has 0 bridgehead atoms. The summed E-state index contributed by atoms with van der Waals surface area (Å²) in [6.45, 7) is 0.531. The first-order valence-corrected chi connectivity index (χ1v) is 11.0. The molecule has 2 aromatic heterocycles. The summed E-state index contributed by atoms with van der Waals surface area (Å²) in [6.07, 6.45) is 4.08. The molecule has 0 amide bonds. The van der Waals surface area contributed by atoms with E-state index in [0.717, 1.165) is 39.9 Å². The Hall–Kier alpha value is -3.45. The van der Waals surface area contributed by atoms with Crippen LogP contribution in [0.1, 0.15) is 40.2 Å². The van der Waals surface area contributed by atoms with Crippen LogP contribution >= 0.6 is 11.3 Å². The molecule has 1 saturated carbocycles. The van der Waals surface area contributed by atoms with E-state index in [4.69, 9.17) is 4.74 Å². The Kier molecular flexibility index (Phi) is 5.03. The largest absolute Gasteiger partial charge is 0.465 e. The predicted molar refractivity (Wildman–Crippen MR) is 122 cm³/mol. The first-order valence-electron chi connectivity index (χ1n) is 10.1. The number of thiazole rings is 1. The number of esters is 1. The zero-order valence-corrected chi connectivity index (χ0v) is 17.8. The second kappa shape index (κ2) is 8.00. The number of rotatable bonds is 6.